The van der Waals surface area contributed by atoms with Crippen LogP contribution in [0, 0.1) is 5.92 Å². The SMILES string of the molecule is IC(I)=C1CCCC1CCc1ccccc1. The second-order valence-electron chi connectivity index (χ2n) is 4.40. The lowest BCUT2D eigenvalue weighted by Gasteiger charge is -2.12. The molecular formula is C14H16I2. The first kappa shape index (κ1) is 12.9. The Morgan fingerprint density at radius 1 is 1.19 bits per heavy atom. The predicted molar refractivity (Wildman–Crippen MR) is 87.2 cm³/mol. The van der Waals surface area contributed by atoms with Gasteiger partial charge in [0.15, 0.2) is 0 Å². The van der Waals surface area contributed by atoms with Crippen molar-refractivity contribution >= 4 is 45.2 Å². The largest absolute Gasteiger partial charge is 0.0622 e. The van der Waals surface area contributed by atoms with Gasteiger partial charge in [-0.05, 0) is 94.3 Å². The van der Waals surface area contributed by atoms with E-state index in [9.17, 15) is 0 Å². The summed E-state index contributed by atoms with van der Waals surface area (Å²) in [5, 5.41) is 0. The first-order chi connectivity index (χ1) is 7.77. The van der Waals surface area contributed by atoms with Crippen LogP contribution in [0.1, 0.15) is 31.2 Å². The topological polar surface area (TPSA) is 0 Å². The normalized spacial score (nSPS) is 20.1. The minimum absolute atomic E-state index is 0.851. The molecule has 0 bridgehead atoms. The summed E-state index contributed by atoms with van der Waals surface area (Å²) in [6.45, 7) is 0. The van der Waals surface area contributed by atoms with Crippen LogP contribution in [0.15, 0.2) is 37.5 Å². The minimum Gasteiger partial charge on any atom is -0.0622 e. The quantitative estimate of drug-likeness (QED) is 0.547. The van der Waals surface area contributed by atoms with Crippen molar-refractivity contribution in [3.63, 3.8) is 0 Å². The fraction of sp³-hybridized carbons (Fsp3) is 0.429. The first-order valence-electron chi connectivity index (χ1n) is 5.85. The highest BCUT2D eigenvalue weighted by Gasteiger charge is 2.22. The number of benzene rings is 1. The molecule has 1 aromatic carbocycles. The number of halogens is 2. The molecule has 0 nitrogen and oxygen atoms in total. The lowest BCUT2D eigenvalue weighted by molar-refractivity contribution is 0.573. The summed E-state index contributed by atoms with van der Waals surface area (Å²) in [5.41, 5.74) is 3.20. The molecule has 16 heavy (non-hydrogen) atoms. The number of aryl methyl sites for hydroxylation is 1. The summed E-state index contributed by atoms with van der Waals surface area (Å²) >= 11 is 4.96. The van der Waals surface area contributed by atoms with Gasteiger partial charge in [-0.3, -0.25) is 0 Å². The molecule has 1 aliphatic rings. The summed E-state index contributed by atoms with van der Waals surface area (Å²) in [6, 6.07) is 10.9. The van der Waals surface area contributed by atoms with Crippen LogP contribution in [0.5, 0.6) is 0 Å². The first-order valence-corrected chi connectivity index (χ1v) is 8.01. The highest BCUT2D eigenvalue weighted by molar-refractivity contribution is 14.2. The van der Waals surface area contributed by atoms with Gasteiger partial charge in [-0.1, -0.05) is 30.3 Å². The van der Waals surface area contributed by atoms with E-state index in [1.165, 1.54) is 39.3 Å². The second-order valence-corrected chi connectivity index (χ2v) is 8.62. The average Bonchev–Trinajstić information content (AvgIpc) is 2.76. The van der Waals surface area contributed by atoms with Crippen LogP contribution in [0.3, 0.4) is 0 Å². The maximum absolute atomic E-state index is 2.48. The Balaban J connectivity index is 1.94. The summed E-state index contributed by atoms with van der Waals surface area (Å²) in [5.74, 6) is 0.851. The van der Waals surface area contributed by atoms with Gasteiger partial charge >= 0.3 is 0 Å². The molecule has 0 spiro atoms. The molecule has 2 heteroatoms. The molecule has 1 aliphatic carbocycles. The van der Waals surface area contributed by atoms with Gasteiger partial charge < -0.3 is 0 Å². The average molecular weight is 438 g/mol. The van der Waals surface area contributed by atoms with Crippen molar-refractivity contribution in [2.45, 2.75) is 32.1 Å². The lowest BCUT2D eigenvalue weighted by Crippen LogP contribution is -1.99. The summed E-state index contributed by atoms with van der Waals surface area (Å²) in [7, 11) is 0. The van der Waals surface area contributed by atoms with E-state index in [0.717, 1.165) is 5.92 Å². The Kier molecular flexibility index (Phi) is 5.13. The lowest BCUT2D eigenvalue weighted by atomic mass is 9.95. The molecule has 1 unspecified atom stereocenters. The third-order valence-electron chi connectivity index (χ3n) is 3.36. The van der Waals surface area contributed by atoms with Crippen molar-refractivity contribution in [1.82, 2.24) is 0 Å². The third-order valence-corrected chi connectivity index (χ3v) is 4.74. The van der Waals surface area contributed by atoms with Gasteiger partial charge in [-0.15, -0.1) is 0 Å². The molecule has 86 valence electrons. The maximum Gasteiger partial charge on any atom is 0.0509 e. The van der Waals surface area contributed by atoms with Crippen molar-refractivity contribution in [1.29, 1.82) is 0 Å². The van der Waals surface area contributed by atoms with E-state index in [1.54, 1.807) is 5.57 Å². The van der Waals surface area contributed by atoms with Crippen molar-refractivity contribution in [2.75, 3.05) is 0 Å². The van der Waals surface area contributed by atoms with Crippen LogP contribution in [-0.2, 0) is 6.42 Å². The fourth-order valence-corrected chi connectivity index (χ4v) is 3.89. The molecule has 0 N–H and O–H groups in total. The summed E-state index contributed by atoms with van der Waals surface area (Å²) < 4.78 is 1.51. The second kappa shape index (κ2) is 6.38. The zero-order valence-electron chi connectivity index (χ0n) is 9.26. The van der Waals surface area contributed by atoms with Crippen molar-refractivity contribution in [3.8, 4) is 0 Å². The van der Waals surface area contributed by atoms with Crippen LogP contribution in [0.25, 0.3) is 0 Å². The van der Waals surface area contributed by atoms with Crippen LogP contribution in [0.4, 0.5) is 0 Å². The van der Waals surface area contributed by atoms with E-state index in [2.05, 4.69) is 75.5 Å². The third kappa shape index (κ3) is 3.45. The molecule has 1 saturated carbocycles. The number of rotatable bonds is 3. The van der Waals surface area contributed by atoms with Crippen molar-refractivity contribution < 1.29 is 0 Å². The number of allylic oxidation sites excluding steroid dienone is 1. The molecule has 0 heterocycles. The monoisotopic (exact) mass is 438 g/mol. The summed E-state index contributed by atoms with van der Waals surface area (Å²) in [6.07, 6.45) is 6.69. The Hall–Kier alpha value is 0.420. The Morgan fingerprint density at radius 3 is 2.62 bits per heavy atom. The summed E-state index contributed by atoms with van der Waals surface area (Å²) in [4.78, 5) is 0. The van der Waals surface area contributed by atoms with Crippen LogP contribution in [0.2, 0.25) is 0 Å². The van der Waals surface area contributed by atoms with Gasteiger partial charge in [-0.2, -0.15) is 0 Å². The van der Waals surface area contributed by atoms with Gasteiger partial charge in [0.1, 0.15) is 0 Å². The number of hydrogen-bond acceptors (Lipinski definition) is 0. The molecule has 0 aliphatic heterocycles. The van der Waals surface area contributed by atoms with E-state index >= 15 is 0 Å². The van der Waals surface area contributed by atoms with Gasteiger partial charge in [0.25, 0.3) is 0 Å². The Morgan fingerprint density at radius 2 is 1.94 bits per heavy atom. The molecular weight excluding hydrogens is 422 g/mol. The fourth-order valence-electron chi connectivity index (χ4n) is 2.47. The van der Waals surface area contributed by atoms with Gasteiger partial charge in [0.2, 0.25) is 0 Å². The highest BCUT2D eigenvalue weighted by Crippen LogP contribution is 2.40. The number of hydrogen-bond donors (Lipinski definition) is 0. The predicted octanol–water partition coefficient (Wildman–Crippen LogP) is 5.50. The molecule has 1 atom stereocenters. The van der Waals surface area contributed by atoms with E-state index < -0.39 is 0 Å². The van der Waals surface area contributed by atoms with Crippen LogP contribution >= 0.6 is 45.2 Å². The molecule has 2 rings (SSSR count). The van der Waals surface area contributed by atoms with Crippen molar-refractivity contribution in [3.05, 3.63) is 43.1 Å². The molecule has 0 radical (unpaired) electrons. The molecule has 0 amide bonds. The Bertz CT molecular complexity index is 364. The molecule has 0 aromatic heterocycles. The van der Waals surface area contributed by atoms with Crippen LogP contribution in [-0.4, -0.2) is 0 Å². The molecule has 1 fully saturated rings. The van der Waals surface area contributed by atoms with E-state index in [0.29, 0.717) is 0 Å². The van der Waals surface area contributed by atoms with E-state index in [4.69, 9.17) is 0 Å². The van der Waals surface area contributed by atoms with Crippen molar-refractivity contribution in [2.24, 2.45) is 5.92 Å². The minimum atomic E-state index is 0.851. The van der Waals surface area contributed by atoms with E-state index in [1.807, 2.05) is 0 Å². The van der Waals surface area contributed by atoms with Gasteiger partial charge in [0, 0.05) is 0 Å². The zero-order valence-corrected chi connectivity index (χ0v) is 13.6. The Labute approximate surface area is 125 Å². The van der Waals surface area contributed by atoms with Gasteiger partial charge in [0.05, 0.1) is 1.59 Å². The van der Waals surface area contributed by atoms with E-state index in [-0.39, 0.29) is 0 Å². The molecule has 0 saturated heterocycles. The highest BCUT2D eigenvalue weighted by atomic mass is 127. The zero-order chi connectivity index (χ0) is 11.4. The van der Waals surface area contributed by atoms with Gasteiger partial charge in [-0.25, -0.2) is 0 Å². The standard InChI is InChI=1S/C14H16I2/c15-14(16)13-8-4-7-12(13)10-9-11-5-2-1-3-6-11/h1-3,5-6,12H,4,7-10H2. The molecule has 1 aromatic rings. The van der Waals surface area contributed by atoms with Crippen LogP contribution < -0.4 is 0 Å². The smallest absolute Gasteiger partial charge is 0.0509 e. The maximum atomic E-state index is 2.48.